The Morgan fingerprint density at radius 2 is 1.58 bits per heavy atom. The van der Waals surface area contributed by atoms with Gasteiger partial charge in [-0.3, -0.25) is 4.79 Å². The minimum Gasteiger partial charge on any atom is -0.349 e. The van der Waals surface area contributed by atoms with E-state index in [1.165, 1.54) is 0 Å². The quantitative estimate of drug-likeness (QED) is 0.855. The molecule has 1 amide bonds. The van der Waals surface area contributed by atoms with Crippen LogP contribution < -0.4 is 5.32 Å². The van der Waals surface area contributed by atoms with Crippen molar-refractivity contribution < 1.29 is 13.2 Å². The van der Waals surface area contributed by atoms with Crippen LogP contribution >= 0.6 is 0 Å². The predicted octanol–water partition coefficient (Wildman–Crippen LogP) is 3.17. The van der Waals surface area contributed by atoms with Crippen LogP contribution in [0.15, 0.2) is 29.2 Å². The average molecular weight is 353 g/mol. The first-order chi connectivity index (χ1) is 11.5. The molecular formula is C18H28N2O3S. The Morgan fingerprint density at radius 3 is 2.08 bits per heavy atom. The second kappa shape index (κ2) is 8.62. The molecule has 0 saturated carbocycles. The zero-order chi connectivity index (χ0) is 17.6. The van der Waals surface area contributed by atoms with E-state index >= 15 is 0 Å². The van der Waals surface area contributed by atoms with Crippen LogP contribution in [0.25, 0.3) is 0 Å². The van der Waals surface area contributed by atoms with Crippen LogP contribution in [0.5, 0.6) is 0 Å². The monoisotopic (exact) mass is 352 g/mol. The van der Waals surface area contributed by atoms with Gasteiger partial charge in [-0.1, -0.05) is 26.7 Å². The molecule has 1 aliphatic heterocycles. The molecule has 0 bridgehead atoms. The van der Waals surface area contributed by atoms with Crippen molar-refractivity contribution in [2.24, 2.45) is 0 Å². The summed E-state index contributed by atoms with van der Waals surface area (Å²) in [5, 5.41) is 2.96. The molecule has 0 aromatic heterocycles. The molecular weight excluding hydrogens is 324 g/mol. The van der Waals surface area contributed by atoms with Crippen LogP contribution in [-0.4, -0.2) is 37.8 Å². The molecule has 0 aliphatic carbocycles. The minimum atomic E-state index is -3.46. The summed E-state index contributed by atoms with van der Waals surface area (Å²) in [4.78, 5) is 12.5. The lowest BCUT2D eigenvalue weighted by Gasteiger charge is -2.20. The summed E-state index contributed by atoms with van der Waals surface area (Å²) in [6.07, 6.45) is 5.75. The lowest BCUT2D eigenvalue weighted by atomic mass is 10.1. The molecule has 1 saturated heterocycles. The van der Waals surface area contributed by atoms with Gasteiger partial charge in [0.1, 0.15) is 0 Å². The molecule has 2 rings (SSSR count). The topological polar surface area (TPSA) is 66.5 Å². The van der Waals surface area contributed by atoms with Gasteiger partial charge in [0.15, 0.2) is 0 Å². The van der Waals surface area contributed by atoms with Crippen molar-refractivity contribution in [3.05, 3.63) is 29.8 Å². The summed E-state index contributed by atoms with van der Waals surface area (Å²) in [6.45, 7) is 5.23. The highest BCUT2D eigenvalue weighted by Crippen LogP contribution is 2.20. The van der Waals surface area contributed by atoms with Crippen molar-refractivity contribution in [2.75, 3.05) is 13.1 Å². The number of amides is 1. The zero-order valence-electron chi connectivity index (χ0n) is 14.6. The van der Waals surface area contributed by atoms with E-state index in [4.69, 9.17) is 0 Å². The van der Waals surface area contributed by atoms with Gasteiger partial charge in [-0.05, 0) is 49.9 Å². The Balaban J connectivity index is 2.11. The smallest absolute Gasteiger partial charge is 0.251 e. The molecule has 1 aliphatic rings. The van der Waals surface area contributed by atoms with Gasteiger partial charge in [-0.15, -0.1) is 0 Å². The lowest BCUT2D eigenvalue weighted by molar-refractivity contribution is 0.0934. The Bertz CT molecular complexity index is 629. The number of carbonyl (C=O) groups is 1. The van der Waals surface area contributed by atoms with Gasteiger partial charge < -0.3 is 5.32 Å². The van der Waals surface area contributed by atoms with Crippen LogP contribution in [0.4, 0.5) is 0 Å². The second-order valence-corrected chi connectivity index (χ2v) is 8.27. The summed E-state index contributed by atoms with van der Waals surface area (Å²) < 4.78 is 27.0. The fourth-order valence-electron chi connectivity index (χ4n) is 2.97. The first kappa shape index (κ1) is 18.9. The summed E-state index contributed by atoms with van der Waals surface area (Å²) in [5.74, 6) is -0.151. The summed E-state index contributed by atoms with van der Waals surface area (Å²) in [7, 11) is -3.46. The van der Waals surface area contributed by atoms with Crippen LogP contribution in [0.3, 0.4) is 0 Å². The van der Waals surface area contributed by atoms with Crippen LogP contribution in [0, 0.1) is 0 Å². The molecule has 0 spiro atoms. The van der Waals surface area contributed by atoms with Crippen molar-refractivity contribution in [3.8, 4) is 0 Å². The predicted molar refractivity (Wildman–Crippen MR) is 95.5 cm³/mol. The van der Waals surface area contributed by atoms with Gasteiger partial charge in [-0.25, -0.2) is 8.42 Å². The van der Waals surface area contributed by atoms with E-state index in [-0.39, 0.29) is 16.8 Å². The highest BCUT2D eigenvalue weighted by atomic mass is 32.2. The number of sulfonamides is 1. The van der Waals surface area contributed by atoms with Crippen molar-refractivity contribution >= 4 is 15.9 Å². The standard InChI is InChI=1S/C18H28N2O3S/c1-3-16(4-2)19-18(21)15-9-11-17(12-10-15)24(22,23)20-13-7-5-6-8-14-20/h9-12,16H,3-8,13-14H2,1-2H3,(H,19,21). The minimum absolute atomic E-state index is 0.151. The highest BCUT2D eigenvalue weighted by molar-refractivity contribution is 7.89. The van der Waals surface area contributed by atoms with Crippen LogP contribution in [0.2, 0.25) is 0 Å². The normalized spacial score (nSPS) is 16.8. The molecule has 5 nitrogen and oxygen atoms in total. The molecule has 1 aromatic rings. The Morgan fingerprint density at radius 1 is 1.04 bits per heavy atom. The maximum absolute atomic E-state index is 12.7. The number of nitrogens with one attached hydrogen (secondary N) is 1. The number of benzene rings is 1. The SMILES string of the molecule is CCC(CC)NC(=O)c1ccc(S(=O)(=O)N2CCCCCC2)cc1. The van der Waals surface area contributed by atoms with Gasteiger partial charge in [0.05, 0.1) is 4.90 Å². The Kier molecular flexibility index (Phi) is 6.80. The molecule has 6 heteroatoms. The number of carbonyl (C=O) groups excluding carboxylic acids is 1. The van der Waals surface area contributed by atoms with Gasteiger partial charge in [0.25, 0.3) is 5.91 Å². The van der Waals surface area contributed by atoms with Gasteiger partial charge in [0, 0.05) is 24.7 Å². The fourth-order valence-corrected chi connectivity index (χ4v) is 4.49. The highest BCUT2D eigenvalue weighted by Gasteiger charge is 2.25. The molecule has 24 heavy (non-hydrogen) atoms. The van der Waals surface area contributed by atoms with E-state index in [2.05, 4.69) is 5.32 Å². The van der Waals surface area contributed by atoms with Crippen molar-refractivity contribution in [3.63, 3.8) is 0 Å². The van der Waals surface area contributed by atoms with Gasteiger partial charge >= 0.3 is 0 Å². The van der Waals surface area contributed by atoms with E-state index in [1.54, 1.807) is 28.6 Å². The molecule has 1 fully saturated rings. The Labute approximate surface area is 145 Å². The van der Waals surface area contributed by atoms with Crippen molar-refractivity contribution in [2.45, 2.75) is 63.3 Å². The first-order valence-corrected chi connectivity index (χ1v) is 10.3. The van der Waals surface area contributed by atoms with E-state index in [0.29, 0.717) is 18.7 Å². The lowest BCUT2D eigenvalue weighted by Crippen LogP contribution is -2.34. The molecule has 134 valence electrons. The molecule has 1 heterocycles. The van der Waals surface area contributed by atoms with E-state index in [1.807, 2.05) is 13.8 Å². The number of rotatable bonds is 6. The van der Waals surface area contributed by atoms with E-state index < -0.39 is 10.0 Å². The van der Waals surface area contributed by atoms with Crippen LogP contribution in [0.1, 0.15) is 62.7 Å². The van der Waals surface area contributed by atoms with E-state index in [0.717, 1.165) is 38.5 Å². The average Bonchev–Trinajstić information content (AvgIpc) is 2.89. The molecule has 0 radical (unpaired) electrons. The fraction of sp³-hybridized carbons (Fsp3) is 0.611. The maximum Gasteiger partial charge on any atom is 0.251 e. The summed E-state index contributed by atoms with van der Waals surface area (Å²) in [6, 6.07) is 6.44. The Hall–Kier alpha value is -1.40. The molecule has 0 unspecified atom stereocenters. The van der Waals surface area contributed by atoms with Crippen molar-refractivity contribution in [1.82, 2.24) is 9.62 Å². The van der Waals surface area contributed by atoms with Crippen LogP contribution in [-0.2, 0) is 10.0 Å². The molecule has 0 atom stereocenters. The molecule has 1 N–H and O–H groups in total. The van der Waals surface area contributed by atoms with Gasteiger partial charge in [-0.2, -0.15) is 4.31 Å². The summed E-state index contributed by atoms with van der Waals surface area (Å²) in [5.41, 5.74) is 0.497. The third kappa shape index (κ3) is 4.57. The maximum atomic E-state index is 12.7. The number of hydrogen-bond donors (Lipinski definition) is 1. The zero-order valence-corrected chi connectivity index (χ0v) is 15.4. The summed E-state index contributed by atoms with van der Waals surface area (Å²) >= 11 is 0. The first-order valence-electron chi connectivity index (χ1n) is 8.90. The van der Waals surface area contributed by atoms with Gasteiger partial charge in [0.2, 0.25) is 10.0 Å². The van der Waals surface area contributed by atoms with E-state index in [9.17, 15) is 13.2 Å². The number of nitrogens with zero attached hydrogens (tertiary/aromatic N) is 1. The largest absolute Gasteiger partial charge is 0.349 e. The third-order valence-corrected chi connectivity index (χ3v) is 6.55. The third-order valence-electron chi connectivity index (χ3n) is 4.64. The number of hydrogen-bond acceptors (Lipinski definition) is 3. The van der Waals surface area contributed by atoms with Crippen molar-refractivity contribution in [1.29, 1.82) is 0 Å². The second-order valence-electron chi connectivity index (χ2n) is 6.33. The molecule has 1 aromatic carbocycles.